The lowest BCUT2D eigenvalue weighted by Gasteiger charge is -2.03. The second kappa shape index (κ2) is 6.04. The molecule has 0 fully saturated rings. The lowest BCUT2D eigenvalue weighted by atomic mass is 10.2. The van der Waals surface area contributed by atoms with Gasteiger partial charge in [0.15, 0.2) is 0 Å². The largest absolute Gasteiger partial charge is 0.304 e. The molecule has 6 heteroatoms. The minimum Gasteiger partial charge on any atom is -0.258 e. The zero-order valence-electron chi connectivity index (χ0n) is 9.68. The third-order valence-electron chi connectivity index (χ3n) is 2.41. The van der Waals surface area contributed by atoms with Crippen molar-refractivity contribution in [1.29, 1.82) is 0 Å². The maximum Gasteiger partial charge on any atom is 0.304 e. The van der Waals surface area contributed by atoms with Gasteiger partial charge in [0.1, 0.15) is 0 Å². The molecule has 0 spiro atoms. The minimum absolute atomic E-state index is 0.503. The van der Waals surface area contributed by atoms with Gasteiger partial charge in [0.05, 0.1) is 4.92 Å². The van der Waals surface area contributed by atoms with Crippen LogP contribution < -0.4 is 0 Å². The second-order valence-corrected chi connectivity index (χ2v) is 5.27. The van der Waals surface area contributed by atoms with Crippen LogP contribution in [0.1, 0.15) is 5.56 Å². The summed E-state index contributed by atoms with van der Waals surface area (Å²) in [6.45, 7) is 0. The summed E-state index contributed by atoms with van der Waals surface area (Å²) >= 11 is 7.35. The number of thioether (sulfide) groups is 1. The van der Waals surface area contributed by atoms with Crippen molar-refractivity contribution in [2.24, 2.45) is 0 Å². The zero-order valence-corrected chi connectivity index (χ0v) is 11.2. The van der Waals surface area contributed by atoms with Gasteiger partial charge in [-0.25, -0.2) is 0 Å². The maximum atomic E-state index is 13.4. The van der Waals surface area contributed by atoms with E-state index in [0.717, 1.165) is 4.90 Å². The molecule has 3 nitrogen and oxygen atoms in total. The molecule has 0 unspecified atom stereocenters. The topological polar surface area (TPSA) is 43.1 Å². The van der Waals surface area contributed by atoms with Gasteiger partial charge in [0.2, 0.25) is 5.82 Å². The van der Waals surface area contributed by atoms with Crippen LogP contribution in [0.4, 0.5) is 10.1 Å². The Labute approximate surface area is 118 Å². The summed E-state index contributed by atoms with van der Waals surface area (Å²) < 4.78 is 13.4. The first-order chi connectivity index (χ1) is 9.06. The quantitative estimate of drug-likeness (QED) is 0.467. The highest BCUT2D eigenvalue weighted by Gasteiger charge is 2.13. The molecule has 0 aromatic heterocycles. The Balaban J connectivity index is 2.08. The number of nitrogens with zero attached hydrogens (tertiary/aromatic N) is 1. The van der Waals surface area contributed by atoms with Crippen LogP contribution in [-0.4, -0.2) is 4.92 Å². The number of benzene rings is 2. The van der Waals surface area contributed by atoms with E-state index in [2.05, 4.69) is 0 Å². The number of halogens is 2. The molecule has 2 aromatic carbocycles. The van der Waals surface area contributed by atoms with Crippen LogP contribution in [0.15, 0.2) is 47.4 Å². The summed E-state index contributed by atoms with van der Waals surface area (Å²) in [5.74, 6) is -0.288. The molecule has 0 heterocycles. The van der Waals surface area contributed by atoms with Crippen molar-refractivity contribution in [2.75, 3.05) is 0 Å². The van der Waals surface area contributed by atoms with Crippen LogP contribution in [0, 0.1) is 15.9 Å². The van der Waals surface area contributed by atoms with Crippen molar-refractivity contribution in [3.8, 4) is 0 Å². The number of nitro groups is 1. The molecular weight excluding hydrogens is 289 g/mol. The highest BCUT2D eigenvalue weighted by atomic mass is 35.5. The van der Waals surface area contributed by atoms with Crippen LogP contribution in [0.3, 0.4) is 0 Å². The van der Waals surface area contributed by atoms with Gasteiger partial charge in [-0.2, -0.15) is 4.39 Å². The molecule has 0 saturated carbocycles. The first-order valence-corrected chi connectivity index (χ1v) is 6.74. The lowest BCUT2D eigenvalue weighted by molar-refractivity contribution is -0.387. The van der Waals surface area contributed by atoms with Gasteiger partial charge < -0.3 is 0 Å². The van der Waals surface area contributed by atoms with E-state index >= 15 is 0 Å². The van der Waals surface area contributed by atoms with Crippen molar-refractivity contribution in [1.82, 2.24) is 0 Å². The standard InChI is InChI=1S/C13H9ClFNO2S/c14-10-2-1-3-11(7-10)19-8-9-4-5-13(16(17)18)12(15)6-9/h1-7H,8H2. The number of rotatable bonds is 4. The van der Waals surface area contributed by atoms with Crippen LogP contribution in [0.25, 0.3) is 0 Å². The van der Waals surface area contributed by atoms with Gasteiger partial charge in [0, 0.05) is 21.7 Å². The summed E-state index contributed by atoms with van der Waals surface area (Å²) in [5, 5.41) is 11.1. The molecule has 0 atom stereocenters. The molecule has 0 bridgehead atoms. The van der Waals surface area contributed by atoms with Crippen molar-refractivity contribution in [3.63, 3.8) is 0 Å². The molecule has 2 rings (SSSR count). The summed E-state index contributed by atoms with van der Waals surface area (Å²) in [5.41, 5.74) is 0.185. The van der Waals surface area contributed by atoms with E-state index in [0.29, 0.717) is 16.3 Å². The number of hydrogen-bond donors (Lipinski definition) is 0. The van der Waals surface area contributed by atoms with Crippen molar-refractivity contribution >= 4 is 29.1 Å². The minimum atomic E-state index is -0.811. The maximum absolute atomic E-state index is 13.4. The van der Waals surface area contributed by atoms with Gasteiger partial charge in [-0.05, 0) is 29.8 Å². The molecule has 0 radical (unpaired) electrons. The van der Waals surface area contributed by atoms with Gasteiger partial charge in [-0.15, -0.1) is 11.8 Å². The fourth-order valence-corrected chi connectivity index (χ4v) is 2.66. The van der Waals surface area contributed by atoms with Crippen molar-refractivity contribution in [3.05, 3.63) is 69.0 Å². The smallest absolute Gasteiger partial charge is 0.258 e. The Hall–Kier alpha value is -1.59. The Kier molecular flexibility index (Phi) is 4.39. The summed E-state index contributed by atoms with van der Waals surface area (Å²) in [6, 6.07) is 11.3. The van der Waals surface area contributed by atoms with Gasteiger partial charge in [0.25, 0.3) is 0 Å². The van der Waals surface area contributed by atoms with Crippen molar-refractivity contribution < 1.29 is 9.31 Å². The monoisotopic (exact) mass is 297 g/mol. The Morgan fingerprint density at radius 1 is 1.26 bits per heavy atom. The average molecular weight is 298 g/mol. The molecule has 0 saturated heterocycles. The highest BCUT2D eigenvalue weighted by molar-refractivity contribution is 7.98. The number of nitro benzene ring substituents is 1. The second-order valence-electron chi connectivity index (χ2n) is 3.79. The Bertz CT molecular complexity index is 621. The zero-order chi connectivity index (χ0) is 13.8. The Morgan fingerprint density at radius 2 is 2.05 bits per heavy atom. The first-order valence-electron chi connectivity index (χ1n) is 5.37. The van der Waals surface area contributed by atoms with E-state index in [1.165, 1.54) is 23.9 Å². The van der Waals surface area contributed by atoms with Gasteiger partial charge in [-0.1, -0.05) is 23.7 Å². The normalized spacial score (nSPS) is 10.4. The highest BCUT2D eigenvalue weighted by Crippen LogP contribution is 2.27. The molecule has 2 aromatic rings. The van der Waals surface area contributed by atoms with Crippen molar-refractivity contribution in [2.45, 2.75) is 10.6 Å². The van der Waals surface area contributed by atoms with E-state index in [4.69, 9.17) is 11.6 Å². The Morgan fingerprint density at radius 3 is 2.68 bits per heavy atom. The fraction of sp³-hybridized carbons (Fsp3) is 0.0769. The number of hydrogen-bond acceptors (Lipinski definition) is 3. The van der Waals surface area contributed by atoms with Gasteiger partial charge >= 0.3 is 5.69 Å². The predicted octanol–water partition coefficient (Wildman–Crippen LogP) is 4.68. The summed E-state index contributed by atoms with van der Waals surface area (Å²) in [4.78, 5) is 10.7. The molecule has 19 heavy (non-hydrogen) atoms. The molecular formula is C13H9ClFNO2S. The van der Waals surface area contributed by atoms with E-state index < -0.39 is 16.4 Å². The molecule has 0 amide bonds. The van der Waals surface area contributed by atoms with E-state index in [9.17, 15) is 14.5 Å². The summed E-state index contributed by atoms with van der Waals surface area (Å²) in [6.07, 6.45) is 0. The predicted molar refractivity (Wildman–Crippen MR) is 74.1 cm³/mol. The van der Waals surface area contributed by atoms with Gasteiger partial charge in [-0.3, -0.25) is 10.1 Å². The fourth-order valence-electron chi connectivity index (χ4n) is 1.51. The van der Waals surface area contributed by atoms with Crippen LogP contribution in [0.5, 0.6) is 0 Å². The van der Waals surface area contributed by atoms with Crippen LogP contribution >= 0.6 is 23.4 Å². The lowest BCUT2D eigenvalue weighted by Crippen LogP contribution is -1.93. The average Bonchev–Trinajstić information content (AvgIpc) is 2.36. The van der Waals surface area contributed by atoms with Crippen LogP contribution in [-0.2, 0) is 5.75 Å². The van der Waals surface area contributed by atoms with E-state index in [1.807, 2.05) is 18.2 Å². The summed E-state index contributed by atoms with van der Waals surface area (Å²) in [7, 11) is 0. The molecule has 0 aliphatic carbocycles. The molecule has 98 valence electrons. The van der Waals surface area contributed by atoms with E-state index in [-0.39, 0.29) is 0 Å². The van der Waals surface area contributed by atoms with E-state index in [1.54, 1.807) is 12.1 Å². The molecule has 0 aliphatic heterocycles. The third kappa shape index (κ3) is 3.68. The molecule has 0 aliphatic rings. The van der Waals surface area contributed by atoms with Crippen LogP contribution in [0.2, 0.25) is 5.02 Å². The molecule has 0 N–H and O–H groups in total. The first kappa shape index (κ1) is 13.8. The third-order valence-corrected chi connectivity index (χ3v) is 3.71. The SMILES string of the molecule is O=[N+]([O-])c1ccc(CSc2cccc(Cl)c2)cc1F.